The highest BCUT2D eigenvalue weighted by atomic mass is 15.2. The fourth-order valence-electron chi connectivity index (χ4n) is 1.08. The van der Waals surface area contributed by atoms with Gasteiger partial charge in [-0.1, -0.05) is 19.9 Å². The summed E-state index contributed by atoms with van der Waals surface area (Å²) in [5, 5.41) is 3.30. The van der Waals surface area contributed by atoms with E-state index in [1.807, 2.05) is 19.9 Å². The first-order valence-electron chi connectivity index (χ1n) is 4.47. The van der Waals surface area contributed by atoms with Gasteiger partial charge in [0.05, 0.1) is 0 Å². The molecule has 66 valence electrons. The van der Waals surface area contributed by atoms with E-state index >= 15 is 0 Å². The molecule has 1 heterocycles. The lowest BCUT2D eigenvalue weighted by molar-refractivity contribution is 0.265. The molecule has 0 aromatic heterocycles. The fourth-order valence-corrected chi connectivity index (χ4v) is 1.08. The van der Waals surface area contributed by atoms with E-state index < -0.39 is 0 Å². The molecular formula is C9H20N2. The Morgan fingerprint density at radius 3 is 2.36 bits per heavy atom. The van der Waals surface area contributed by atoms with Crippen LogP contribution in [-0.2, 0) is 0 Å². The largest absolute Gasteiger partial charge is 0.314 e. The highest BCUT2D eigenvalue weighted by Crippen LogP contribution is 1.89. The molecule has 2 heteroatoms. The van der Waals surface area contributed by atoms with Crippen molar-refractivity contribution in [1.82, 2.24) is 10.2 Å². The summed E-state index contributed by atoms with van der Waals surface area (Å²) in [5.74, 6) is 0. The average molecular weight is 156 g/mol. The van der Waals surface area contributed by atoms with Crippen LogP contribution in [0, 0.1) is 0 Å². The highest BCUT2D eigenvalue weighted by molar-refractivity contribution is 4.76. The molecule has 0 amide bonds. The summed E-state index contributed by atoms with van der Waals surface area (Å²) >= 11 is 0. The van der Waals surface area contributed by atoms with E-state index in [1.165, 1.54) is 13.1 Å². The Labute approximate surface area is 70.3 Å². The number of nitrogens with one attached hydrogen (secondary N) is 1. The normalized spacial score (nSPS) is 18.4. The van der Waals surface area contributed by atoms with Crippen molar-refractivity contribution in [2.75, 3.05) is 32.7 Å². The van der Waals surface area contributed by atoms with Gasteiger partial charge in [-0.2, -0.15) is 0 Å². The summed E-state index contributed by atoms with van der Waals surface area (Å²) < 4.78 is 0. The van der Waals surface area contributed by atoms with E-state index in [-0.39, 0.29) is 0 Å². The monoisotopic (exact) mass is 156 g/mol. The molecule has 1 aliphatic rings. The first-order chi connectivity index (χ1) is 5.43. The maximum atomic E-state index is 3.69. The maximum absolute atomic E-state index is 3.69. The third kappa shape index (κ3) is 4.99. The van der Waals surface area contributed by atoms with Crippen molar-refractivity contribution in [1.29, 1.82) is 0 Å². The molecule has 1 rings (SSSR count). The van der Waals surface area contributed by atoms with Gasteiger partial charge in [-0.05, 0) is 0 Å². The van der Waals surface area contributed by atoms with E-state index in [4.69, 9.17) is 0 Å². The molecule has 1 aliphatic heterocycles. The zero-order chi connectivity index (χ0) is 8.53. The van der Waals surface area contributed by atoms with Gasteiger partial charge >= 0.3 is 0 Å². The second-order valence-corrected chi connectivity index (χ2v) is 2.34. The van der Waals surface area contributed by atoms with Crippen molar-refractivity contribution >= 4 is 0 Å². The van der Waals surface area contributed by atoms with Crippen LogP contribution in [0.1, 0.15) is 13.8 Å². The topological polar surface area (TPSA) is 15.3 Å². The predicted molar refractivity (Wildman–Crippen MR) is 50.9 cm³/mol. The molecule has 1 saturated heterocycles. The van der Waals surface area contributed by atoms with Crippen molar-refractivity contribution in [2.45, 2.75) is 13.8 Å². The van der Waals surface area contributed by atoms with Crippen molar-refractivity contribution in [2.24, 2.45) is 0 Å². The predicted octanol–water partition coefficient (Wildman–Crippen LogP) is 1.10. The van der Waals surface area contributed by atoms with Crippen LogP contribution < -0.4 is 5.32 Å². The lowest BCUT2D eigenvalue weighted by atomic mass is 10.3. The van der Waals surface area contributed by atoms with E-state index in [0.29, 0.717) is 0 Å². The van der Waals surface area contributed by atoms with E-state index in [9.17, 15) is 0 Å². The first kappa shape index (κ1) is 10.7. The van der Waals surface area contributed by atoms with E-state index in [1.54, 1.807) is 0 Å². The van der Waals surface area contributed by atoms with Gasteiger partial charge in [-0.3, -0.25) is 4.90 Å². The minimum Gasteiger partial charge on any atom is -0.314 e. The Balaban J connectivity index is 0.000000461. The van der Waals surface area contributed by atoms with Crippen LogP contribution in [0.2, 0.25) is 0 Å². The molecule has 1 N–H and O–H groups in total. The first-order valence-corrected chi connectivity index (χ1v) is 4.47. The smallest absolute Gasteiger partial charge is 0.0161 e. The zero-order valence-electron chi connectivity index (χ0n) is 7.77. The van der Waals surface area contributed by atoms with Crippen molar-refractivity contribution < 1.29 is 0 Å². The molecule has 1 fully saturated rings. The lowest BCUT2D eigenvalue weighted by Crippen LogP contribution is -2.43. The van der Waals surface area contributed by atoms with Crippen molar-refractivity contribution in [3.8, 4) is 0 Å². The Bertz CT molecular complexity index is 85.6. The fraction of sp³-hybridized carbons (Fsp3) is 0.778. The molecule has 0 aromatic rings. The third-order valence-electron chi connectivity index (χ3n) is 1.60. The van der Waals surface area contributed by atoms with Crippen LogP contribution in [0.5, 0.6) is 0 Å². The van der Waals surface area contributed by atoms with Gasteiger partial charge < -0.3 is 5.32 Å². The van der Waals surface area contributed by atoms with E-state index in [0.717, 1.165) is 19.6 Å². The highest BCUT2D eigenvalue weighted by Gasteiger charge is 2.05. The second-order valence-electron chi connectivity index (χ2n) is 2.34. The average Bonchev–Trinajstić information content (AvgIpc) is 2.11. The molecule has 0 spiro atoms. The standard InChI is InChI=1S/C7H14N2.C2H6/c1-2-5-9-6-3-8-4-7-9;1-2/h2,8H,1,3-7H2;1-2H3. The molecule has 0 saturated carbocycles. The second kappa shape index (κ2) is 7.76. The number of piperazine rings is 1. The maximum Gasteiger partial charge on any atom is 0.0161 e. The van der Waals surface area contributed by atoms with Gasteiger partial charge in [0.15, 0.2) is 0 Å². The molecule has 11 heavy (non-hydrogen) atoms. The minimum absolute atomic E-state index is 1.04. The molecule has 0 unspecified atom stereocenters. The molecular weight excluding hydrogens is 136 g/mol. The summed E-state index contributed by atoms with van der Waals surface area (Å²) in [6.45, 7) is 13.3. The molecule has 0 atom stereocenters. The van der Waals surface area contributed by atoms with Crippen LogP contribution in [0.25, 0.3) is 0 Å². The molecule has 0 radical (unpaired) electrons. The van der Waals surface area contributed by atoms with Crippen LogP contribution in [0.3, 0.4) is 0 Å². The third-order valence-corrected chi connectivity index (χ3v) is 1.60. The summed E-state index contributed by atoms with van der Waals surface area (Å²) in [6, 6.07) is 0. The number of rotatable bonds is 2. The SMILES string of the molecule is C=CCN1CCNCC1.CC. The van der Waals surface area contributed by atoms with Gasteiger partial charge in [0.2, 0.25) is 0 Å². The number of hydrogen-bond donors (Lipinski definition) is 1. The Kier molecular flexibility index (Phi) is 7.52. The zero-order valence-corrected chi connectivity index (χ0v) is 7.77. The van der Waals surface area contributed by atoms with Crippen LogP contribution in [-0.4, -0.2) is 37.6 Å². The van der Waals surface area contributed by atoms with Crippen molar-refractivity contribution in [3.05, 3.63) is 12.7 Å². The Morgan fingerprint density at radius 2 is 1.91 bits per heavy atom. The molecule has 2 nitrogen and oxygen atoms in total. The van der Waals surface area contributed by atoms with Gasteiger partial charge in [-0.15, -0.1) is 6.58 Å². The number of nitrogens with zero attached hydrogens (tertiary/aromatic N) is 1. The van der Waals surface area contributed by atoms with Gasteiger partial charge in [0, 0.05) is 32.7 Å². The Hall–Kier alpha value is -0.340. The van der Waals surface area contributed by atoms with Gasteiger partial charge in [-0.25, -0.2) is 0 Å². The number of hydrogen-bond acceptors (Lipinski definition) is 2. The quantitative estimate of drug-likeness (QED) is 0.602. The van der Waals surface area contributed by atoms with E-state index in [2.05, 4.69) is 16.8 Å². The van der Waals surface area contributed by atoms with Crippen LogP contribution in [0.15, 0.2) is 12.7 Å². The van der Waals surface area contributed by atoms with Crippen molar-refractivity contribution in [3.63, 3.8) is 0 Å². The lowest BCUT2D eigenvalue weighted by Gasteiger charge is -2.25. The van der Waals surface area contributed by atoms with Crippen LogP contribution in [0.4, 0.5) is 0 Å². The molecule has 0 bridgehead atoms. The summed E-state index contributed by atoms with van der Waals surface area (Å²) in [6.07, 6.45) is 1.96. The minimum atomic E-state index is 1.04. The summed E-state index contributed by atoms with van der Waals surface area (Å²) in [4.78, 5) is 2.39. The Morgan fingerprint density at radius 1 is 1.36 bits per heavy atom. The molecule has 0 aromatic carbocycles. The van der Waals surface area contributed by atoms with Gasteiger partial charge in [0.1, 0.15) is 0 Å². The molecule has 0 aliphatic carbocycles. The van der Waals surface area contributed by atoms with Gasteiger partial charge in [0.25, 0.3) is 0 Å². The summed E-state index contributed by atoms with van der Waals surface area (Å²) in [5.41, 5.74) is 0. The van der Waals surface area contributed by atoms with Crippen LogP contribution >= 0.6 is 0 Å². The summed E-state index contributed by atoms with van der Waals surface area (Å²) in [7, 11) is 0.